The zero-order valence-electron chi connectivity index (χ0n) is 16.4. The molecule has 0 atom stereocenters. The molecule has 0 saturated heterocycles. The Kier molecular flexibility index (Phi) is 11.2. The Morgan fingerprint density at radius 3 is 2.36 bits per heavy atom. The molecule has 0 aliphatic rings. The van der Waals surface area contributed by atoms with E-state index in [9.17, 15) is 18.0 Å². The molecule has 3 N–H and O–H groups in total. The van der Waals surface area contributed by atoms with Crippen molar-refractivity contribution in [3.8, 4) is 5.75 Å². The number of nitrogens with zero attached hydrogens (tertiary/aromatic N) is 1. The van der Waals surface area contributed by atoms with E-state index in [4.69, 9.17) is 4.74 Å². The summed E-state index contributed by atoms with van der Waals surface area (Å²) in [6.45, 7) is 8.21. The summed E-state index contributed by atoms with van der Waals surface area (Å²) < 4.78 is 44.0. The maximum atomic E-state index is 12.9. The van der Waals surface area contributed by atoms with Crippen LogP contribution in [-0.4, -0.2) is 43.6 Å². The molecule has 0 aliphatic heterocycles. The van der Waals surface area contributed by atoms with Crippen LogP contribution in [0.1, 0.15) is 33.3 Å². The predicted molar refractivity (Wildman–Crippen MR) is 114 cm³/mol. The number of guanidine groups is 1. The van der Waals surface area contributed by atoms with Crippen LogP contribution in [0, 0.1) is 0 Å². The van der Waals surface area contributed by atoms with Gasteiger partial charge in [0.1, 0.15) is 18.9 Å². The molecule has 0 aromatic heterocycles. The van der Waals surface area contributed by atoms with Gasteiger partial charge in [-0.15, -0.1) is 24.0 Å². The largest absolute Gasteiger partial charge is 0.491 e. The summed E-state index contributed by atoms with van der Waals surface area (Å²) in [7, 11) is 0. The van der Waals surface area contributed by atoms with E-state index in [0.717, 1.165) is 6.07 Å². The third-order valence-corrected chi connectivity index (χ3v) is 3.08. The maximum Gasteiger partial charge on any atom is 0.419 e. The van der Waals surface area contributed by atoms with E-state index in [1.807, 2.05) is 27.7 Å². The SMILES string of the molecule is CCNC(=NCC(=O)NC(C)(C)C)NCCOc1ccccc1C(F)(F)F.I. The number of amides is 1. The number of nitrogens with one attached hydrogen (secondary N) is 3. The van der Waals surface area contributed by atoms with Crippen LogP contribution < -0.4 is 20.7 Å². The molecule has 0 bridgehead atoms. The third-order valence-electron chi connectivity index (χ3n) is 3.08. The smallest absolute Gasteiger partial charge is 0.419 e. The maximum absolute atomic E-state index is 12.9. The minimum absolute atomic E-state index is 0. The lowest BCUT2D eigenvalue weighted by Gasteiger charge is -2.20. The van der Waals surface area contributed by atoms with Crippen LogP contribution in [0.3, 0.4) is 0 Å². The Bertz CT molecular complexity index is 646. The van der Waals surface area contributed by atoms with E-state index in [1.165, 1.54) is 18.2 Å². The van der Waals surface area contributed by atoms with Crippen LogP contribution in [0.5, 0.6) is 5.75 Å². The number of halogens is 4. The van der Waals surface area contributed by atoms with E-state index < -0.39 is 11.7 Å². The molecular weight excluding hydrogens is 488 g/mol. The molecule has 0 aliphatic carbocycles. The van der Waals surface area contributed by atoms with Gasteiger partial charge in [0.15, 0.2) is 5.96 Å². The molecule has 0 spiro atoms. The number of ether oxygens (including phenoxy) is 1. The molecule has 0 saturated carbocycles. The van der Waals surface area contributed by atoms with Crippen molar-refractivity contribution < 1.29 is 22.7 Å². The molecule has 0 radical (unpaired) electrons. The molecule has 0 unspecified atom stereocenters. The van der Waals surface area contributed by atoms with E-state index in [2.05, 4.69) is 20.9 Å². The molecule has 10 heteroatoms. The monoisotopic (exact) mass is 516 g/mol. The second kappa shape index (κ2) is 12.0. The summed E-state index contributed by atoms with van der Waals surface area (Å²) in [4.78, 5) is 16.0. The molecule has 1 rings (SSSR count). The number of hydrogen-bond donors (Lipinski definition) is 3. The van der Waals surface area contributed by atoms with Gasteiger partial charge in [-0.2, -0.15) is 13.2 Å². The van der Waals surface area contributed by atoms with Crippen LogP contribution in [0.2, 0.25) is 0 Å². The minimum atomic E-state index is -4.47. The molecule has 6 nitrogen and oxygen atoms in total. The van der Waals surface area contributed by atoms with Gasteiger partial charge in [-0.1, -0.05) is 12.1 Å². The number of hydrogen-bond acceptors (Lipinski definition) is 3. The van der Waals surface area contributed by atoms with Gasteiger partial charge < -0.3 is 20.7 Å². The topological polar surface area (TPSA) is 74.8 Å². The number of benzene rings is 1. The zero-order chi connectivity index (χ0) is 20.5. The summed E-state index contributed by atoms with van der Waals surface area (Å²) in [5.41, 5.74) is -1.16. The van der Waals surface area contributed by atoms with Gasteiger partial charge in [-0.05, 0) is 39.8 Å². The van der Waals surface area contributed by atoms with Gasteiger partial charge in [0.2, 0.25) is 5.91 Å². The molecule has 1 aromatic carbocycles. The molecule has 1 amide bonds. The highest BCUT2D eigenvalue weighted by Gasteiger charge is 2.33. The lowest BCUT2D eigenvalue weighted by atomic mass is 10.1. The van der Waals surface area contributed by atoms with Gasteiger partial charge in [0.25, 0.3) is 0 Å². The highest BCUT2D eigenvalue weighted by atomic mass is 127. The van der Waals surface area contributed by atoms with Crippen molar-refractivity contribution in [2.45, 2.75) is 39.4 Å². The lowest BCUT2D eigenvalue weighted by molar-refractivity contribution is -0.139. The van der Waals surface area contributed by atoms with Crippen molar-refractivity contribution in [3.63, 3.8) is 0 Å². The van der Waals surface area contributed by atoms with Gasteiger partial charge in [0, 0.05) is 12.1 Å². The molecule has 1 aromatic rings. The summed E-state index contributed by atoms with van der Waals surface area (Å²) in [5.74, 6) is -0.0670. The third kappa shape index (κ3) is 10.6. The Morgan fingerprint density at radius 2 is 1.79 bits per heavy atom. The van der Waals surface area contributed by atoms with Crippen molar-refractivity contribution in [1.29, 1.82) is 0 Å². The van der Waals surface area contributed by atoms with Gasteiger partial charge in [0.05, 0.1) is 12.1 Å². The van der Waals surface area contributed by atoms with Gasteiger partial charge in [-0.3, -0.25) is 4.79 Å². The van der Waals surface area contributed by atoms with Crippen molar-refractivity contribution in [3.05, 3.63) is 29.8 Å². The van der Waals surface area contributed by atoms with Crippen molar-refractivity contribution >= 4 is 35.8 Å². The number of carbonyl (C=O) groups is 1. The number of carbonyl (C=O) groups excluding carboxylic acids is 1. The average Bonchev–Trinajstić information content (AvgIpc) is 2.54. The second-order valence-corrected chi connectivity index (χ2v) is 6.76. The first-order chi connectivity index (χ1) is 12.5. The van der Waals surface area contributed by atoms with E-state index in [0.29, 0.717) is 12.5 Å². The summed E-state index contributed by atoms with van der Waals surface area (Å²) >= 11 is 0. The predicted octanol–water partition coefficient (Wildman–Crippen LogP) is 3.17. The molecular formula is C18H28F3IN4O2. The first kappa shape index (κ1) is 26.3. The Balaban J connectivity index is 0.00000729. The molecule has 0 fully saturated rings. The van der Waals surface area contributed by atoms with Crippen molar-refractivity contribution in [1.82, 2.24) is 16.0 Å². The summed E-state index contributed by atoms with van der Waals surface area (Å²) in [5, 5.41) is 8.67. The number of rotatable bonds is 7. The second-order valence-electron chi connectivity index (χ2n) is 6.76. The number of para-hydroxylation sites is 1. The van der Waals surface area contributed by atoms with Gasteiger partial charge >= 0.3 is 6.18 Å². The van der Waals surface area contributed by atoms with Crippen molar-refractivity contribution in [2.75, 3.05) is 26.2 Å². The fourth-order valence-electron chi connectivity index (χ4n) is 2.11. The quantitative estimate of drug-likeness (QED) is 0.225. The molecule has 0 heterocycles. The molecule has 160 valence electrons. The first-order valence-corrected chi connectivity index (χ1v) is 8.65. The lowest BCUT2D eigenvalue weighted by Crippen LogP contribution is -2.43. The fourth-order valence-corrected chi connectivity index (χ4v) is 2.11. The molecule has 28 heavy (non-hydrogen) atoms. The van der Waals surface area contributed by atoms with E-state index >= 15 is 0 Å². The Morgan fingerprint density at radius 1 is 1.14 bits per heavy atom. The fraction of sp³-hybridized carbons (Fsp3) is 0.556. The standard InChI is InChI=1S/C18H27F3N4O2.HI/c1-5-22-16(24-12-15(26)25-17(2,3)4)23-10-11-27-14-9-7-6-8-13(14)18(19,20)21;/h6-9H,5,10-12H2,1-4H3,(H,25,26)(H2,22,23,24);1H. The Labute approximate surface area is 180 Å². The normalized spacial score (nSPS) is 12.0. The van der Waals surface area contributed by atoms with E-state index in [-0.39, 0.29) is 60.9 Å². The summed E-state index contributed by atoms with van der Waals surface area (Å²) in [6.07, 6.45) is -4.47. The van der Waals surface area contributed by atoms with Gasteiger partial charge in [-0.25, -0.2) is 4.99 Å². The number of alkyl halides is 3. The highest BCUT2D eigenvalue weighted by molar-refractivity contribution is 14.0. The summed E-state index contributed by atoms with van der Waals surface area (Å²) in [6, 6.07) is 5.05. The highest BCUT2D eigenvalue weighted by Crippen LogP contribution is 2.35. The van der Waals surface area contributed by atoms with Crippen molar-refractivity contribution in [2.24, 2.45) is 4.99 Å². The van der Waals surface area contributed by atoms with Crippen LogP contribution >= 0.6 is 24.0 Å². The number of aliphatic imine (C=N–C) groups is 1. The minimum Gasteiger partial charge on any atom is -0.491 e. The van der Waals surface area contributed by atoms with E-state index in [1.54, 1.807) is 0 Å². The average molecular weight is 516 g/mol. The van der Waals surface area contributed by atoms with Crippen LogP contribution in [-0.2, 0) is 11.0 Å². The zero-order valence-corrected chi connectivity index (χ0v) is 18.8. The van der Waals surface area contributed by atoms with Crippen LogP contribution in [0.25, 0.3) is 0 Å². The first-order valence-electron chi connectivity index (χ1n) is 8.65. The Hall–Kier alpha value is -1.72. The van der Waals surface area contributed by atoms with Crippen LogP contribution in [0.15, 0.2) is 29.3 Å². The van der Waals surface area contributed by atoms with Crippen LogP contribution in [0.4, 0.5) is 13.2 Å².